The van der Waals surface area contributed by atoms with Gasteiger partial charge in [-0.3, -0.25) is 14.4 Å². The molecule has 32 heavy (non-hydrogen) atoms. The van der Waals surface area contributed by atoms with Crippen LogP contribution >= 0.6 is 0 Å². The number of carboxylic acids is 2. The van der Waals surface area contributed by atoms with Crippen molar-refractivity contribution in [2.45, 2.75) is 102 Å². The first-order valence-electron chi connectivity index (χ1n) is 12.2. The molecule has 0 aliphatic heterocycles. The second-order valence-electron chi connectivity index (χ2n) is 9.66. The quantitative estimate of drug-likeness (QED) is 0.107. The fraction of sp³-hybridized carbons (Fsp3) is 0.800. The van der Waals surface area contributed by atoms with Crippen molar-refractivity contribution >= 4 is 17.9 Å². The molecule has 0 aromatic carbocycles. The molecule has 0 rings (SSSR count). The molecule has 0 radical (unpaired) electrons. The lowest BCUT2D eigenvalue weighted by molar-refractivity contribution is -0.873. The van der Waals surface area contributed by atoms with E-state index in [4.69, 9.17) is 14.9 Å². The third-order valence-corrected chi connectivity index (χ3v) is 5.13. The molecule has 0 aromatic rings. The van der Waals surface area contributed by atoms with E-state index in [9.17, 15) is 14.4 Å². The summed E-state index contributed by atoms with van der Waals surface area (Å²) in [6.45, 7) is 0.484. The Bertz CT molecular complexity index is 553. The highest BCUT2D eigenvalue weighted by Crippen LogP contribution is 2.12. The normalized spacial score (nSPS) is 12.7. The SMILES string of the molecule is C[N+](C)(C)CC(CC(=O)O)OC(=O)CCCCCCC/C=C/CCCCCCCC(=O)O. The minimum atomic E-state index is -0.946. The van der Waals surface area contributed by atoms with Gasteiger partial charge in [-0.05, 0) is 38.5 Å². The number of unbranched alkanes of at least 4 members (excludes halogenated alkanes) is 10. The van der Waals surface area contributed by atoms with Gasteiger partial charge < -0.3 is 19.4 Å². The maximum Gasteiger partial charge on any atom is 0.307 e. The first kappa shape index (κ1) is 30.1. The Morgan fingerprint density at radius 1 is 0.719 bits per heavy atom. The zero-order chi connectivity index (χ0) is 24.2. The van der Waals surface area contributed by atoms with E-state index in [0.29, 0.717) is 17.4 Å². The molecule has 1 atom stereocenters. The molecule has 0 spiro atoms. The van der Waals surface area contributed by atoms with Crippen molar-refractivity contribution in [1.29, 1.82) is 0 Å². The van der Waals surface area contributed by atoms with Crippen LogP contribution < -0.4 is 0 Å². The predicted octanol–water partition coefficient (Wildman–Crippen LogP) is 5.18. The molecule has 0 heterocycles. The molecule has 186 valence electrons. The van der Waals surface area contributed by atoms with Crippen molar-refractivity contribution in [1.82, 2.24) is 0 Å². The third kappa shape index (κ3) is 22.8. The highest BCUT2D eigenvalue weighted by atomic mass is 16.5. The Hall–Kier alpha value is -1.89. The van der Waals surface area contributed by atoms with Gasteiger partial charge in [-0.1, -0.05) is 50.7 Å². The molecule has 1 unspecified atom stereocenters. The molecule has 7 nitrogen and oxygen atoms in total. The Morgan fingerprint density at radius 3 is 1.66 bits per heavy atom. The van der Waals surface area contributed by atoms with Gasteiger partial charge >= 0.3 is 17.9 Å². The lowest BCUT2D eigenvalue weighted by atomic mass is 10.1. The lowest BCUT2D eigenvalue weighted by Crippen LogP contribution is -2.43. The summed E-state index contributed by atoms with van der Waals surface area (Å²) in [6, 6.07) is 0. The van der Waals surface area contributed by atoms with Crippen molar-refractivity contribution in [2.24, 2.45) is 0 Å². The van der Waals surface area contributed by atoms with Gasteiger partial charge in [-0.25, -0.2) is 0 Å². The summed E-state index contributed by atoms with van der Waals surface area (Å²) >= 11 is 0. The van der Waals surface area contributed by atoms with E-state index in [2.05, 4.69) is 12.2 Å². The summed E-state index contributed by atoms with van der Waals surface area (Å²) < 4.78 is 5.95. The number of rotatable bonds is 21. The fourth-order valence-corrected chi connectivity index (χ4v) is 3.56. The summed E-state index contributed by atoms with van der Waals surface area (Å²) in [6.07, 6.45) is 17.0. The molecular formula is C25H46NO6+. The number of carboxylic acid groups (broad SMARTS) is 2. The van der Waals surface area contributed by atoms with Crippen LogP contribution in [0.15, 0.2) is 12.2 Å². The number of hydrogen-bond donors (Lipinski definition) is 2. The van der Waals surface area contributed by atoms with Gasteiger partial charge in [-0.2, -0.15) is 0 Å². The number of esters is 1. The van der Waals surface area contributed by atoms with Crippen LogP contribution in [0.3, 0.4) is 0 Å². The lowest BCUT2D eigenvalue weighted by Gasteiger charge is -2.28. The predicted molar refractivity (Wildman–Crippen MR) is 126 cm³/mol. The molecule has 0 saturated carbocycles. The van der Waals surface area contributed by atoms with Crippen molar-refractivity contribution in [2.75, 3.05) is 27.7 Å². The maximum atomic E-state index is 12.0. The summed E-state index contributed by atoms with van der Waals surface area (Å²) in [5.74, 6) is -1.94. The number of nitrogens with zero attached hydrogens (tertiary/aromatic N) is 1. The van der Waals surface area contributed by atoms with Crippen molar-refractivity contribution in [3.05, 3.63) is 12.2 Å². The van der Waals surface area contributed by atoms with Gasteiger partial charge in [0.25, 0.3) is 0 Å². The average Bonchev–Trinajstić information content (AvgIpc) is 2.65. The number of carbonyl (C=O) groups is 3. The summed E-state index contributed by atoms with van der Waals surface area (Å²) in [7, 11) is 5.85. The monoisotopic (exact) mass is 456 g/mol. The van der Waals surface area contributed by atoms with Crippen molar-refractivity contribution in [3.8, 4) is 0 Å². The second kappa shape index (κ2) is 18.7. The number of aliphatic carboxylic acids is 2. The molecule has 0 aliphatic rings. The van der Waals surface area contributed by atoms with E-state index in [1.807, 2.05) is 21.1 Å². The molecule has 0 fully saturated rings. The average molecular weight is 457 g/mol. The molecule has 7 heteroatoms. The smallest absolute Gasteiger partial charge is 0.307 e. The van der Waals surface area contributed by atoms with Crippen LogP contribution in [-0.4, -0.2) is 66.4 Å². The van der Waals surface area contributed by atoms with E-state index in [-0.39, 0.29) is 18.8 Å². The highest BCUT2D eigenvalue weighted by Gasteiger charge is 2.24. The summed E-state index contributed by atoms with van der Waals surface area (Å²) in [5, 5.41) is 17.6. The molecule has 0 amide bonds. The van der Waals surface area contributed by atoms with Gasteiger partial charge in [-0.15, -0.1) is 0 Å². The molecule has 2 N–H and O–H groups in total. The van der Waals surface area contributed by atoms with E-state index in [1.165, 1.54) is 12.8 Å². The van der Waals surface area contributed by atoms with Gasteiger partial charge in [0.1, 0.15) is 6.54 Å². The van der Waals surface area contributed by atoms with E-state index < -0.39 is 18.0 Å². The topological polar surface area (TPSA) is 101 Å². The Morgan fingerprint density at radius 2 is 1.19 bits per heavy atom. The molecule has 0 aliphatic carbocycles. The Balaban J connectivity index is 3.62. The highest BCUT2D eigenvalue weighted by molar-refractivity contribution is 5.71. The van der Waals surface area contributed by atoms with E-state index >= 15 is 0 Å². The minimum Gasteiger partial charge on any atom is -0.481 e. The largest absolute Gasteiger partial charge is 0.481 e. The summed E-state index contributed by atoms with van der Waals surface area (Å²) in [5.41, 5.74) is 0. The minimum absolute atomic E-state index is 0.151. The van der Waals surface area contributed by atoms with Gasteiger partial charge in [0.05, 0.1) is 27.6 Å². The van der Waals surface area contributed by atoms with Crippen LogP contribution in [0.2, 0.25) is 0 Å². The molecule has 0 saturated heterocycles. The molecule has 0 aromatic heterocycles. The van der Waals surface area contributed by atoms with Crippen LogP contribution in [0.25, 0.3) is 0 Å². The van der Waals surface area contributed by atoms with Crippen molar-refractivity contribution < 1.29 is 33.8 Å². The van der Waals surface area contributed by atoms with Crippen LogP contribution in [-0.2, 0) is 19.1 Å². The second-order valence-corrected chi connectivity index (χ2v) is 9.66. The number of quaternary nitrogens is 1. The van der Waals surface area contributed by atoms with E-state index in [1.54, 1.807) is 0 Å². The Kier molecular flexibility index (Phi) is 17.6. The summed E-state index contributed by atoms with van der Waals surface area (Å²) in [4.78, 5) is 33.4. The maximum absolute atomic E-state index is 12.0. The zero-order valence-corrected chi connectivity index (χ0v) is 20.5. The van der Waals surface area contributed by atoms with Crippen LogP contribution in [0.1, 0.15) is 96.3 Å². The van der Waals surface area contributed by atoms with Crippen LogP contribution in [0, 0.1) is 0 Å². The fourth-order valence-electron chi connectivity index (χ4n) is 3.56. The Labute approximate surface area is 194 Å². The van der Waals surface area contributed by atoms with Crippen LogP contribution in [0.5, 0.6) is 0 Å². The van der Waals surface area contributed by atoms with Crippen LogP contribution in [0.4, 0.5) is 0 Å². The van der Waals surface area contributed by atoms with E-state index in [0.717, 1.165) is 64.2 Å². The zero-order valence-electron chi connectivity index (χ0n) is 20.5. The van der Waals surface area contributed by atoms with Crippen molar-refractivity contribution in [3.63, 3.8) is 0 Å². The first-order chi connectivity index (χ1) is 15.1. The number of likely N-dealkylation sites (N-methyl/N-ethyl adjacent to an activating group) is 1. The number of hydrogen-bond acceptors (Lipinski definition) is 4. The third-order valence-electron chi connectivity index (χ3n) is 5.13. The van der Waals surface area contributed by atoms with Gasteiger partial charge in [0, 0.05) is 12.8 Å². The molecular weight excluding hydrogens is 410 g/mol. The number of carbonyl (C=O) groups excluding carboxylic acids is 1. The standard InChI is InChI=1S/C25H45NO6/c1-26(2,3)21-22(20-24(29)30)32-25(31)19-17-15-13-11-9-7-5-4-6-8-10-12-14-16-18-23(27)28/h4-5,22H,6-21H2,1-3H3,(H-,27,28,29,30)/p+1/b5-4+. The number of allylic oxidation sites excluding steroid dienone is 2. The number of ether oxygens (including phenoxy) is 1. The van der Waals surface area contributed by atoms with Gasteiger partial charge in [0.2, 0.25) is 0 Å². The van der Waals surface area contributed by atoms with Gasteiger partial charge in [0.15, 0.2) is 6.10 Å². The molecule has 0 bridgehead atoms. The first-order valence-corrected chi connectivity index (χ1v) is 12.2.